The van der Waals surface area contributed by atoms with Crippen LogP contribution in [0, 0.1) is 5.82 Å². The fraction of sp³-hybridized carbons (Fsp3) is 0.273. The molecule has 0 fully saturated rings. The second kappa shape index (κ2) is 7.56. The number of rotatable bonds is 2. The molecule has 1 aliphatic heterocycles. The first-order valence-electron chi connectivity index (χ1n) is 9.69. The molecule has 0 amide bonds. The van der Waals surface area contributed by atoms with Crippen LogP contribution in [0.3, 0.4) is 0 Å². The quantitative estimate of drug-likeness (QED) is 0.571. The van der Waals surface area contributed by atoms with E-state index in [9.17, 15) is 4.39 Å². The van der Waals surface area contributed by atoms with Crippen LogP contribution in [0.25, 0.3) is 11.3 Å². The van der Waals surface area contributed by atoms with Crippen LogP contribution in [0.1, 0.15) is 48.0 Å². The number of fused-ring (bicyclic) bond motifs is 3. The normalized spacial score (nSPS) is 18.6. The Morgan fingerprint density at radius 1 is 1.10 bits per heavy atom. The van der Waals surface area contributed by atoms with Gasteiger partial charge in [0.25, 0.3) is 0 Å². The van der Waals surface area contributed by atoms with Crippen LogP contribution in [0.5, 0.6) is 0 Å². The largest absolute Gasteiger partial charge is 0.306 e. The van der Waals surface area contributed by atoms with Crippen molar-refractivity contribution < 1.29 is 4.39 Å². The monoisotopic (exact) mass is 428 g/mol. The zero-order valence-electron chi connectivity index (χ0n) is 15.6. The molecule has 1 atom stereocenters. The van der Waals surface area contributed by atoms with Crippen molar-refractivity contribution in [3.05, 3.63) is 81.1 Å². The highest BCUT2D eigenvalue weighted by Crippen LogP contribution is 2.39. The third-order valence-corrected chi connectivity index (χ3v) is 6.33. The van der Waals surface area contributed by atoms with E-state index in [0.29, 0.717) is 6.54 Å². The molecule has 0 saturated carbocycles. The maximum absolute atomic E-state index is 13.8. The molecule has 2 aliphatic rings. The molecular formula is C22H19Cl2FN4. The van der Waals surface area contributed by atoms with Gasteiger partial charge in [-0.2, -0.15) is 0 Å². The highest BCUT2D eigenvalue weighted by molar-refractivity contribution is 6.32. The first kappa shape index (κ1) is 18.8. The van der Waals surface area contributed by atoms with Crippen molar-refractivity contribution in [2.24, 2.45) is 0 Å². The molecule has 2 heterocycles. The van der Waals surface area contributed by atoms with Crippen molar-refractivity contribution in [3.8, 4) is 5.69 Å². The van der Waals surface area contributed by atoms with E-state index in [2.05, 4.69) is 26.2 Å². The summed E-state index contributed by atoms with van der Waals surface area (Å²) < 4.78 is 16.0. The minimum absolute atomic E-state index is 0.199. The van der Waals surface area contributed by atoms with Crippen LogP contribution in [0.15, 0.2) is 42.5 Å². The molecule has 5 rings (SSSR count). The average molecular weight is 429 g/mol. The van der Waals surface area contributed by atoms with Gasteiger partial charge in [0, 0.05) is 17.5 Å². The van der Waals surface area contributed by atoms with Gasteiger partial charge in [-0.1, -0.05) is 41.4 Å². The summed E-state index contributed by atoms with van der Waals surface area (Å²) in [6, 6.07) is 10.9. The van der Waals surface area contributed by atoms with E-state index in [1.807, 2.05) is 24.3 Å². The summed E-state index contributed by atoms with van der Waals surface area (Å²) in [5.41, 5.74) is 4.10. The second-order valence-corrected chi connectivity index (χ2v) is 8.30. The van der Waals surface area contributed by atoms with Crippen LogP contribution in [0.4, 0.5) is 4.39 Å². The number of hydrogen-bond donors (Lipinski definition) is 1. The summed E-state index contributed by atoms with van der Waals surface area (Å²) >= 11 is 12.4. The average Bonchev–Trinajstić information content (AvgIpc) is 3.06. The number of benzene rings is 2. The summed E-state index contributed by atoms with van der Waals surface area (Å²) in [5.74, 6) is 1.74. The first-order valence-corrected chi connectivity index (χ1v) is 10.4. The highest BCUT2D eigenvalue weighted by atomic mass is 35.5. The van der Waals surface area contributed by atoms with Crippen molar-refractivity contribution in [1.29, 1.82) is 0 Å². The minimum Gasteiger partial charge on any atom is -0.306 e. The molecule has 3 aromatic rings. The molecule has 0 unspecified atom stereocenters. The third kappa shape index (κ3) is 3.37. The predicted octanol–water partition coefficient (Wildman–Crippen LogP) is 5.67. The first-order chi connectivity index (χ1) is 14.1. The Balaban J connectivity index is 1.49. The number of hydrogen-bond acceptors (Lipinski definition) is 3. The van der Waals surface area contributed by atoms with E-state index in [1.54, 1.807) is 6.07 Å². The lowest BCUT2D eigenvalue weighted by Crippen LogP contribution is -2.13. The van der Waals surface area contributed by atoms with Gasteiger partial charge in [0.15, 0.2) is 5.82 Å². The predicted molar refractivity (Wildman–Crippen MR) is 113 cm³/mol. The second-order valence-electron chi connectivity index (χ2n) is 7.49. The molecule has 1 aliphatic carbocycles. The summed E-state index contributed by atoms with van der Waals surface area (Å²) in [4.78, 5) is 0. The van der Waals surface area contributed by atoms with Crippen LogP contribution in [0.2, 0.25) is 10.0 Å². The van der Waals surface area contributed by atoms with Crippen molar-refractivity contribution in [2.45, 2.75) is 38.3 Å². The molecule has 4 nitrogen and oxygen atoms in total. The Kier molecular flexibility index (Phi) is 4.90. The number of halogens is 3. The fourth-order valence-electron chi connectivity index (χ4n) is 4.26. The topological polar surface area (TPSA) is 42.7 Å². The SMILES string of the molecule is Fc1cccc(C2=CC[C@@H](c3nnc4n3-c3ccc(Cl)cc3CNC4)CC2)c1Cl. The Bertz CT molecular complexity index is 1120. The van der Waals surface area contributed by atoms with E-state index in [0.717, 1.165) is 64.9 Å². The van der Waals surface area contributed by atoms with Gasteiger partial charge in [0.05, 0.1) is 17.3 Å². The number of nitrogens with zero attached hydrogens (tertiary/aromatic N) is 3. The lowest BCUT2D eigenvalue weighted by atomic mass is 9.86. The highest BCUT2D eigenvalue weighted by Gasteiger charge is 2.27. The summed E-state index contributed by atoms with van der Waals surface area (Å²) in [6.07, 6.45) is 4.71. The lowest BCUT2D eigenvalue weighted by molar-refractivity contribution is 0.576. The van der Waals surface area contributed by atoms with Crippen LogP contribution in [-0.2, 0) is 13.1 Å². The number of allylic oxidation sites excluding steroid dienone is 2. The third-order valence-electron chi connectivity index (χ3n) is 5.71. The molecule has 0 radical (unpaired) electrons. The summed E-state index contributed by atoms with van der Waals surface area (Å²) in [7, 11) is 0. The van der Waals surface area contributed by atoms with Crippen molar-refractivity contribution in [1.82, 2.24) is 20.1 Å². The molecule has 0 spiro atoms. The Morgan fingerprint density at radius 2 is 2.00 bits per heavy atom. The molecule has 148 valence electrons. The Morgan fingerprint density at radius 3 is 2.83 bits per heavy atom. The maximum atomic E-state index is 13.8. The van der Waals surface area contributed by atoms with Crippen LogP contribution < -0.4 is 5.32 Å². The van der Waals surface area contributed by atoms with Crippen LogP contribution in [-0.4, -0.2) is 14.8 Å². The Hall–Kier alpha value is -2.21. The van der Waals surface area contributed by atoms with E-state index >= 15 is 0 Å². The zero-order chi connectivity index (χ0) is 20.0. The van der Waals surface area contributed by atoms with Crippen molar-refractivity contribution in [2.75, 3.05) is 0 Å². The summed E-state index contributed by atoms with van der Waals surface area (Å²) in [5, 5.41) is 13.3. The van der Waals surface area contributed by atoms with Gasteiger partial charge in [-0.25, -0.2) is 4.39 Å². The van der Waals surface area contributed by atoms with Gasteiger partial charge < -0.3 is 5.32 Å². The van der Waals surface area contributed by atoms with Gasteiger partial charge in [-0.05, 0) is 60.2 Å². The summed E-state index contributed by atoms with van der Waals surface area (Å²) in [6.45, 7) is 1.40. The van der Waals surface area contributed by atoms with Gasteiger partial charge in [0.2, 0.25) is 0 Å². The van der Waals surface area contributed by atoms with E-state index in [1.165, 1.54) is 6.07 Å². The van der Waals surface area contributed by atoms with Crippen LogP contribution >= 0.6 is 23.2 Å². The van der Waals surface area contributed by atoms with Crippen molar-refractivity contribution in [3.63, 3.8) is 0 Å². The zero-order valence-corrected chi connectivity index (χ0v) is 17.1. The van der Waals surface area contributed by atoms with Gasteiger partial charge in [0.1, 0.15) is 11.6 Å². The van der Waals surface area contributed by atoms with Crippen molar-refractivity contribution >= 4 is 28.8 Å². The maximum Gasteiger partial charge on any atom is 0.151 e. The molecule has 29 heavy (non-hydrogen) atoms. The molecule has 7 heteroatoms. The smallest absolute Gasteiger partial charge is 0.151 e. The number of aromatic nitrogens is 3. The minimum atomic E-state index is -0.377. The number of nitrogens with one attached hydrogen (secondary N) is 1. The molecule has 2 aromatic carbocycles. The van der Waals surface area contributed by atoms with Gasteiger partial charge in [-0.15, -0.1) is 10.2 Å². The molecule has 1 aromatic heterocycles. The van der Waals surface area contributed by atoms with E-state index < -0.39 is 0 Å². The Labute approximate surface area is 178 Å². The molecule has 0 bridgehead atoms. The standard InChI is InChI=1S/C22H19Cl2FN4/c23-16-8-9-19-15(10-16)11-26-12-20-27-28-22(29(19)20)14-6-4-13(5-7-14)17-2-1-3-18(25)21(17)24/h1-4,8-10,14,26H,5-7,11-12H2/t14-/m1/s1. The molecule has 1 N–H and O–H groups in total. The van der Waals surface area contributed by atoms with Gasteiger partial charge in [-0.3, -0.25) is 4.57 Å². The van der Waals surface area contributed by atoms with E-state index in [-0.39, 0.29) is 16.8 Å². The fourth-order valence-corrected chi connectivity index (χ4v) is 4.70. The van der Waals surface area contributed by atoms with E-state index in [4.69, 9.17) is 23.2 Å². The molecular weight excluding hydrogens is 410 g/mol. The lowest BCUT2D eigenvalue weighted by Gasteiger charge is -2.23. The molecule has 0 saturated heterocycles. The van der Waals surface area contributed by atoms with Gasteiger partial charge >= 0.3 is 0 Å².